The molecule has 16 heavy (non-hydrogen) atoms. The van der Waals surface area contributed by atoms with Gasteiger partial charge in [-0.15, -0.1) is 0 Å². The van der Waals surface area contributed by atoms with Crippen molar-refractivity contribution in [3.05, 3.63) is 24.3 Å². The van der Waals surface area contributed by atoms with E-state index in [1.165, 1.54) is 25.7 Å². The number of nitrogens with zero attached hydrogens (tertiary/aromatic N) is 2. The Kier molecular flexibility index (Phi) is 4.60. The molecular formula is C12H19N3S. The van der Waals surface area contributed by atoms with Crippen molar-refractivity contribution < 1.29 is 0 Å². The second-order valence-corrected chi connectivity index (χ2v) is 5.32. The molecule has 2 unspecified atom stereocenters. The Balaban J connectivity index is 1.84. The number of hydrogen-bond donors (Lipinski definition) is 1. The molecular weight excluding hydrogens is 218 g/mol. The van der Waals surface area contributed by atoms with Crippen LogP contribution < -0.4 is 5.32 Å². The fourth-order valence-corrected chi connectivity index (χ4v) is 3.23. The van der Waals surface area contributed by atoms with Gasteiger partial charge < -0.3 is 5.32 Å². The van der Waals surface area contributed by atoms with Gasteiger partial charge in [-0.05, 0) is 25.2 Å². The Morgan fingerprint density at radius 3 is 3.06 bits per heavy atom. The molecule has 1 saturated carbocycles. The van der Waals surface area contributed by atoms with Gasteiger partial charge in [-0.25, -0.2) is 9.97 Å². The monoisotopic (exact) mass is 237 g/mol. The molecule has 1 aromatic heterocycles. The van der Waals surface area contributed by atoms with Gasteiger partial charge in [0.25, 0.3) is 0 Å². The van der Waals surface area contributed by atoms with Crippen LogP contribution in [0.5, 0.6) is 0 Å². The summed E-state index contributed by atoms with van der Waals surface area (Å²) in [6, 6.07) is 2.63. The van der Waals surface area contributed by atoms with Gasteiger partial charge in [-0.3, -0.25) is 0 Å². The Morgan fingerprint density at radius 1 is 1.44 bits per heavy atom. The number of thioether (sulfide) groups is 1. The molecule has 0 spiro atoms. The predicted octanol–water partition coefficient (Wildman–Crippen LogP) is 2.24. The van der Waals surface area contributed by atoms with Gasteiger partial charge in [0.05, 0.1) is 5.69 Å². The van der Waals surface area contributed by atoms with Crippen LogP contribution in [0.25, 0.3) is 0 Å². The molecule has 4 heteroatoms. The lowest BCUT2D eigenvalue weighted by molar-refractivity contribution is 0.381. The third kappa shape index (κ3) is 3.19. The number of aromatic nitrogens is 2. The van der Waals surface area contributed by atoms with Crippen molar-refractivity contribution in [3.8, 4) is 0 Å². The summed E-state index contributed by atoms with van der Waals surface area (Å²) in [5, 5.41) is 4.40. The quantitative estimate of drug-likeness (QED) is 0.871. The Bertz CT molecular complexity index is 304. The van der Waals surface area contributed by atoms with E-state index in [0.717, 1.165) is 17.5 Å². The van der Waals surface area contributed by atoms with Crippen LogP contribution in [-0.4, -0.2) is 27.5 Å². The van der Waals surface area contributed by atoms with Gasteiger partial charge in [-0.2, -0.15) is 11.8 Å². The average molecular weight is 237 g/mol. The lowest BCUT2D eigenvalue weighted by Crippen LogP contribution is -2.40. The van der Waals surface area contributed by atoms with Crippen molar-refractivity contribution in [1.29, 1.82) is 0 Å². The third-order valence-electron chi connectivity index (χ3n) is 3.19. The molecule has 0 aliphatic heterocycles. The van der Waals surface area contributed by atoms with Gasteiger partial charge in [-0.1, -0.05) is 12.8 Å². The summed E-state index contributed by atoms with van der Waals surface area (Å²) in [6.45, 7) is 0.865. The van der Waals surface area contributed by atoms with Crippen LogP contribution in [0, 0.1) is 0 Å². The molecule has 0 bridgehead atoms. The molecule has 2 atom stereocenters. The Hall–Kier alpha value is -0.610. The first-order valence-electron chi connectivity index (χ1n) is 5.91. The second-order valence-electron chi connectivity index (χ2n) is 4.25. The van der Waals surface area contributed by atoms with Crippen molar-refractivity contribution in [1.82, 2.24) is 15.3 Å². The first kappa shape index (κ1) is 11.9. The smallest absolute Gasteiger partial charge is 0.115 e. The van der Waals surface area contributed by atoms with Crippen molar-refractivity contribution >= 4 is 11.8 Å². The first-order valence-corrected chi connectivity index (χ1v) is 7.20. The van der Waals surface area contributed by atoms with Gasteiger partial charge in [0, 0.05) is 24.0 Å². The van der Waals surface area contributed by atoms with Gasteiger partial charge in [0.15, 0.2) is 0 Å². The van der Waals surface area contributed by atoms with E-state index in [1.807, 2.05) is 17.8 Å². The molecule has 0 amide bonds. The molecule has 0 saturated heterocycles. The fourth-order valence-electron chi connectivity index (χ4n) is 2.27. The minimum atomic E-state index is 0.652. The van der Waals surface area contributed by atoms with Crippen LogP contribution >= 0.6 is 11.8 Å². The highest BCUT2D eigenvalue weighted by Gasteiger charge is 2.23. The lowest BCUT2D eigenvalue weighted by Gasteiger charge is -2.31. The summed E-state index contributed by atoms with van der Waals surface area (Å²) < 4.78 is 0. The second kappa shape index (κ2) is 6.21. The maximum absolute atomic E-state index is 4.23. The first-order chi connectivity index (χ1) is 7.90. The molecule has 1 aliphatic rings. The number of rotatable bonds is 4. The molecule has 88 valence electrons. The summed E-state index contributed by atoms with van der Waals surface area (Å²) in [5.74, 6) is 0. The molecule has 1 fully saturated rings. The molecule has 1 aliphatic carbocycles. The maximum atomic E-state index is 4.23. The van der Waals surface area contributed by atoms with Crippen LogP contribution in [0.3, 0.4) is 0 Å². The van der Waals surface area contributed by atoms with Crippen LogP contribution in [0.4, 0.5) is 0 Å². The van der Waals surface area contributed by atoms with E-state index in [9.17, 15) is 0 Å². The fraction of sp³-hybridized carbons (Fsp3) is 0.667. The SMILES string of the molecule is CSC1CCCCC1NCc1ccncn1. The molecule has 0 radical (unpaired) electrons. The van der Waals surface area contributed by atoms with E-state index in [1.54, 1.807) is 12.5 Å². The molecule has 1 aromatic rings. The third-order valence-corrected chi connectivity index (χ3v) is 4.36. The largest absolute Gasteiger partial charge is 0.307 e. The van der Waals surface area contributed by atoms with Crippen LogP contribution in [-0.2, 0) is 6.54 Å². The molecule has 3 nitrogen and oxygen atoms in total. The summed E-state index contributed by atoms with van der Waals surface area (Å²) in [4.78, 5) is 8.16. The van der Waals surface area contributed by atoms with Gasteiger partial charge >= 0.3 is 0 Å². The van der Waals surface area contributed by atoms with Crippen molar-refractivity contribution in [2.75, 3.05) is 6.26 Å². The normalized spacial score (nSPS) is 25.6. The van der Waals surface area contributed by atoms with E-state index >= 15 is 0 Å². The number of nitrogens with one attached hydrogen (secondary N) is 1. The highest BCUT2D eigenvalue weighted by molar-refractivity contribution is 7.99. The van der Waals surface area contributed by atoms with E-state index in [2.05, 4.69) is 21.5 Å². The topological polar surface area (TPSA) is 37.8 Å². The standard InChI is InChI=1S/C12H19N3S/c1-16-12-5-3-2-4-11(12)14-8-10-6-7-13-9-15-10/h6-7,9,11-12,14H,2-5,8H2,1H3. The van der Waals surface area contributed by atoms with Crippen molar-refractivity contribution in [3.63, 3.8) is 0 Å². The minimum absolute atomic E-state index is 0.652. The Morgan fingerprint density at radius 2 is 2.31 bits per heavy atom. The van der Waals surface area contributed by atoms with Crippen LogP contribution in [0.15, 0.2) is 18.6 Å². The number of hydrogen-bond acceptors (Lipinski definition) is 4. The van der Waals surface area contributed by atoms with E-state index in [-0.39, 0.29) is 0 Å². The summed E-state index contributed by atoms with van der Waals surface area (Å²) >= 11 is 1.99. The molecule has 2 rings (SSSR count). The lowest BCUT2D eigenvalue weighted by atomic mass is 9.95. The summed E-state index contributed by atoms with van der Waals surface area (Å²) in [7, 11) is 0. The van der Waals surface area contributed by atoms with E-state index in [4.69, 9.17) is 0 Å². The minimum Gasteiger partial charge on any atom is -0.307 e. The van der Waals surface area contributed by atoms with Crippen molar-refractivity contribution in [2.45, 2.75) is 43.5 Å². The Labute approximate surface area is 101 Å². The van der Waals surface area contributed by atoms with Gasteiger partial charge in [0.2, 0.25) is 0 Å². The zero-order valence-electron chi connectivity index (χ0n) is 9.72. The van der Waals surface area contributed by atoms with Gasteiger partial charge in [0.1, 0.15) is 6.33 Å². The van der Waals surface area contributed by atoms with E-state index in [0.29, 0.717) is 6.04 Å². The summed E-state index contributed by atoms with van der Waals surface area (Å²) in [6.07, 6.45) is 11.0. The maximum Gasteiger partial charge on any atom is 0.115 e. The molecule has 1 heterocycles. The molecule has 0 aromatic carbocycles. The van der Waals surface area contributed by atoms with E-state index < -0.39 is 0 Å². The average Bonchev–Trinajstić information content (AvgIpc) is 2.38. The van der Waals surface area contributed by atoms with Crippen LogP contribution in [0.1, 0.15) is 31.4 Å². The predicted molar refractivity (Wildman–Crippen MR) is 68.4 cm³/mol. The highest BCUT2D eigenvalue weighted by atomic mass is 32.2. The zero-order chi connectivity index (χ0) is 11.2. The summed E-state index contributed by atoms with van der Waals surface area (Å²) in [5.41, 5.74) is 1.08. The zero-order valence-corrected chi connectivity index (χ0v) is 10.5. The highest BCUT2D eigenvalue weighted by Crippen LogP contribution is 2.27. The molecule has 1 N–H and O–H groups in total. The van der Waals surface area contributed by atoms with Crippen LogP contribution in [0.2, 0.25) is 0 Å². The van der Waals surface area contributed by atoms with Crippen molar-refractivity contribution in [2.24, 2.45) is 0 Å².